The summed E-state index contributed by atoms with van der Waals surface area (Å²) in [5, 5.41) is 0. The molecule has 1 heterocycles. The molecule has 2 rings (SSSR count). The van der Waals surface area contributed by atoms with Gasteiger partial charge in [-0.05, 0) is 26.0 Å². The molecule has 0 N–H and O–H groups in total. The number of para-hydroxylation sites is 1. The van der Waals surface area contributed by atoms with Crippen LogP contribution in [0.3, 0.4) is 0 Å². The molecule has 0 aromatic heterocycles. The first kappa shape index (κ1) is 14.1. The summed E-state index contributed by atoms with van der Waals surface area (Å²) in [7, 11) is 0. The van der Waals surface area contributed by atoms with Crippen LogP contribution in [0.5, 0.6) is 0 Å². The predicted molar refractivity (Wildman–Crippen MR) is 77.3 cm³/mol. The maximum absolute atomic E-state index is 12.1. The van der Waals surface area contributed by atoms with Gasteiger partial charge in [-0.2, -0.15) is 0 Å². The Kier molecular flexibility index (Phi) is 4.35. The van der Waals surface area contributed by atoms with Crippen molar-refractivity contribution < 1.29 is 14.3 Å². The Balaban J connectivity index is 2.30. The number of hydrogen-bond donors (Lipinski definition) is 0. The second-order valence-electron chi connectivity index (χ2n) is 4.40. The van der Waals surface area contributed by atoms with Crippen molar-refractivity contribution in [1.29, 1.82) is 0 Å². The third kappa shape index (κ3) is 2.79. The Morgan fingerprint density at radius 3 is 2.60 bits per heavy atom. The van der Waals surface area contributed by atoms with E-state index in [2.05, 4.69) is 0 Å². The molecule has 0 fully saturated rings. The quantitative estimate of drug-likeness (QED) is 0.623. The number of benzene rings is 1. The molecule has 1 aromatic carbocycles. The molecular formula is C16H17NO3. The van der Waals surface area contributed by atoms with Crippen LogP contribution in [-0.2, 0) is 14.3 Å². The van der Waals surface area contributed by atoms with E-state index in [0.29, 0.717) is 12.1 Å². The molecule has 20 heavy (non-hydrogen) atoms. The van der Waals surface area contributed by atoms with E-state index in [0.717, 1.165) is 11.4 Å². The van der Waals surface area contributed by atoms with Gasteiger partial charge >= 0.3 is 5.97 Å². The third-order valence-corrected chi connectivity index (χ3v) is 3.14. The lowest BCUT2D eigenvalue weighted by atomic mass is 10.0. The van der Waals surface area contributed by atoms with Crippen molar-refractivity contribution in [3.8, 4) is 0 Å². The second-order valence-corrected chi connectivity index (χ2v) is 4.40. The number of rotatable bonds is 4. The zero-order valence-electron chi connectivity index (χ0n) is 11.6. The summed E-state index contributed by atoms with van der Waals surface area (Å²) in [5.41, 5.74) is 2.14. The minimum Gasteiger partial charge on any atom is -0.460 e. The molecule has 0 unspecified atom stereocenters. The molecule has 104 valence electrons. The van der Waals surface area contributed by atoms with E-state index in [1.807, 2.05) is 48.2 Å². The first-order valence-corrected chi connectivity index (χ1v) is 6.56. The van der Waals surface area contributed by atoms with Gasteiger partial charge in [-0.15, -0.1) is 0 Å². The molecule has 1 aromatic rings. The van der Waals surface area contributed by atoms with Crippen LogP contribution in [0.25, 0.3) is 0 Å². The van der Waals surface area contributed by atoms with Gasteiger partial charge in [0.1, 0.15) is 0 Å². The Morgan fingerprint density at radius 2 is 1.95 bits per heavy atom. The largest absolute Gasteiger partial charge is 0.460 e. The number of nitrogens with zero attached hydrogens (tertiary/aromatic N) is 1. The first-order valence-electron chi connectivity index (χ1n) is 6.56. The van der Waals surface area contributed by atoms with Crippen LogP contribution in [-0.4, -0.2) is 24.9 Å². The first-order chi connectivity index (χ1) is 9.65. The van der Waals surface area contributed by atoms with Crippen LogP contribution >= 0.6 is 0 Å². The molecule has 0 atom stereocenters. The average Bonchev–Trinajstić information content (AvgIpc) is 2.48. The van der Waals surface area contributed by atoms with Gasteiger partial charge in [-0.3, -0.25) is 4.79 Å². The normalized spacial score (nSPS) is 14.4. The molecule has 4 heteroatoms. The van der Waals surface area contributed by atoms with Crippen LogP contribution in [0.1, 0.15) is 13.8 Å². The van der Waals surface area contributed by atoms with Crippen molar-refractivity contribution in [2.45, 2.75) is 13.8 Å². The van der Waals surface area contributed by atoms with Crippen molar-refractivity contribution in [3.63, 3.8) is 0 Å². The van der Waals surface area contributed by atoms with Crippen molar-refractivity contribution in [2.24, 2.45) is 0 Å². The number of esters is 1. The van der Waals surface area contributed by atoms with Gasteiger partial charge < -0.3 is 9.64 Å². The van der Waals surface area contributed by atoms with Gasteiger partial charge in [0.2, 0.25) is 0 Å². The van der Waals surface area contributed by atoms with Crippen molar-refractivity contribution in [3.05, 3.63) is 53.8 Å². The van der Waals surface area contributed by atoms with Crippen molar-refractivity contribution >= 4 is 17.4 Å². The van der Waals surface area contributed by atoms with Gasteiger partial charge in [-0.1, -0.05) is 30.4 Å². The standard InChI is InChI=1S/C16H17NO3/c1-3-20-16(19)15(18)14-10-7-11-17(12(14)2)13-8-5-4-6-9-13/h4-10H,3,11H2,1-2H3. The van der Waals surface area contributed by atoms with Gasteiger partial charge in [0.25, 0.3) is 5.78 Å². The Hall–Kier alpha value is -2.36. The summed E-state index contributed by atoms with van der Waals surface area (Å²) in [6.07, 6.45) is 3.56. The van der Waals surface area contributed by atoms with Crippen LogP contribution in [0.15, 0.2) is 53.8 Å². The van der Waals surface area contributed by atoms with Crippen molar-refractivity contribution in [1.82, 2.24) is 0 Å². The van der Waals surface area contributed by atoms with E-state index in [-0.39, 0.29) is 6.61 Å². The fraction of sp³-hybridized carbons (Fsp3) is 0.250. The summed E-state index contributed by atoms with van der Waals surface area (Å²) < 4.78 is 4.77. The maximum Gasteiger partial charge on any atom is 0.379 e. The van der Waals surface area contributed by atoms with Crippen LogP contribution in [0.4, 0.5) is 5.69 Å². The molecule has 4 nitrogen and oxygen atoms in total. The minimum absolute atomic E-state index is 0.197. The lowest BCUT2D eigenvalue weighted by Gasteiger charge is -2.28. The van der Waals surface area contributed by atoms with E-state index < -0.39 is 11.8 Å². The molecule has 0 bridgehead atoms. The van der Waals surface area contributed by atoms with Crippen molar-refractivity contribution in [2.75, 3.05) is 18.1 Å². The smallest absolute Gasteiger partial charge is 0.379 e. The number of ether oxygens (including phenoxy) is 1. The van der Waals surface area contributed by atoms with Crippen LogP contribution < -0.4 is 4.90 Å². The molecular weight excluding hydrogens is 254 g/mol. The minimum atomic E-state index is -0.804. The fourth-order valence-corrected chi connectivity index (χ4v) is 2.13. The number of ketones is 1. The molecule has 0 spiro atoms. The van der Waals surface area contributed by atoms with Gasteiger partial charge in [0.15, 0.2) is 0 Å². The highest BCUT2D eigenvalue weighted by atomic mass is 16.5. The van der Waals surface area contributed by atoms with Crippen LogP contribution in [0.2, 0.25) is 0 Å². The zero-order chi connectivity index (χ0) is 14.5. The van der Waals surface area contributed by atoms with E-state index >= 15 is 0 Å². The summed E-state index contributed by atoms with van der Waals surface area (Å²) >= 11 is 0. The Labute approximate surface area is 118 Å². The molecule has 1 aliphatic rings. The topological polar surface area (TPSA) is 46.6 Å². The Morgan fingerprint density at radius 1 is 1.25 bits per heavy atom. The summed E-state index contributed by atoms with van der Waals surface area (Å²) in [6, 6.07) is 9.75. The van der Waals surface area contributed by atoms with E-state index in [9.17, 15) is 9.59 Å². The molecule has 0 saturated carbocycles. The van der Waals surface area contributed by atoms with E-state index in [1.54, 1.807) is 13.0 Å². The Bertz CT molecular complexity index is 573. The molecule has 0 radical (unpaired) electrons. The lowest BCUT2D eigenvalue weighted by Crippen LogP contribution is -2.29. The van der Waals surface area contributed by atoms with Gasteiger partial charge in [-0.25, -0.2) is 4.79 Å². The zero-order valence-corrected chi connectivity index (χ0v) is 11.6. The number of anilines is 1. The van der Waals surface area contributed by atoms with E-state index in [1.165, 1.54) is 0 Å². The number of carbonyl (C=O) groups is 2. The second kappa shape index (κ2) is 6.19. The summed E-state index contributed by atoms with van der Waals surface area (Å²) in [4.78, 5) is 25.6. The maximum atomic E-state index is 12.1. The molecule has 1 aliphatic heterocycles. The highest BCUT2D eigenvalue weighted by Crippen LogP contribution is 2.24. The number of Topliss-reactive ketones (excluding diaryl/α,β-unsaturated/α-hetero) is 1. The van der Waals surface area contributed by atoms with Gasteiger partial charge in [0.05, 0.1) is 6.61 Å². The highest BCUT2D eigenvalue weighted by Gasteiger charge is 2.24. The molecule has 0 aliphatic carbocycles. The van der Waals surface area contributed by atoms with Crippen LogP contribution in [0, 0.1) is 0 Å². The SMILES string of the molecule is CCOC(=O)C(=O)C1=C(C)N(c2ccccc2)CC=C1. The molecule has 0 saturated heterocycles. The highest BCUT2D eigenvalue weighted by molar-refractivity contribution is 6.41. The number of allylic oxidation sites excluding steroid dienone is 2. The monoisotopic (exact) mass is 271 g/mol. The fourth-order valence-electron chi connectivity index (χ4n) is 2.13. The molecule has 0 amide bonds. The number of carbonyl (C=O) groups excluding carboxylic acids is 2. The average molecular weight is 271 g/mol. The van der Waals surface area contributed by atoms with E-state index in [4.69, 9.17) is 4.74 Å². The van der Waals surface area contributed by atoms with Gasteiger partial charge in [0, 0.05) is 23.5 Å². The lowest BCUT2D eigenvalue weighted by molar-refractivity contribution is -0.151. The third-order valence-electron chi connectivity index (χ3n) is 3.14. The predicted octanol–water partition coefficient (Wildman–Crippen LogP) is 2.47. The summed E-state index contributed by atoms with van der Waals surface area (Å²) in [5.74, 6) is -1.40. The summed E-state index contributed by atoms with van der Waals surface area (Å²) in [6.45, 7) is 4.39. The number of hydrogen-bond acceptors (Lipinski definition) is 4.